The summed E-state index contributed by atoms with van der Waals surface area (Å²) in [6, 6.07) is 9.82. The fourth-order valence-corrected chi connectivity index (χ4v) is 3.07. The number of rotatable bonds is 5. The Labute approximate surface area is 154 Å². The van der Waals surface area contributed by atoms with Gasteiger partial charge in [-0.1, -0.05) is 6.07 Å². The van der Waals surface area contributed by atoms with E-state index in [0.717, 1.165) is 43.0 Å². The van der Waals surface area contributed by atoms with Crippen LogP contribution in [0.5, 0.6) is 5.88 Å². The summed E-state index contributed by atoms with van der Waals surface area (Å²) in [6.07, 6.45) is 3.24. The molecule has 1 aromatic carbocycles. The number of amides is 1. The van der Waals surface area contributed by atoms with Crippen molar-refractivity contribution >= 4 is 17.4 Å². The summed E-state index contributed by atoms with van der Waals surface area (Å²) in [7, 11) is 5.53. The zero-order valence-corrected chi connectivity index (χ0v) is 15.5. The first kappa shape index (κ1) is 18.0. The molecule has 0 bridgehead atoms. The molecule has 1 fully saturated rings. The molecule has 26 heavy (non-hydrogen) atoms. The third-order valence-electron chi connectivity index (χ3n) is 4.59. The number of methoxy groups -OCH3 is 1. The van der Waals surface area contributed by atoms with Crippen molar-refractivity contribution in [2.45, 2.75) is 18.9 Å². The van der Waals surface area contributed by atoms with Crippen molar-refractivity contribution in [3.63, 3.8) is 0 Å². The quantitative estimate of drug-likeness (QED) is 0.887. The molecule has 1 aliphatic heterocycles. The van der Waals surface area contributed by atoms with Crippen LogP contribution < -0.4 is 15.0 Å². The molecule has 7 nitrogen and oxygen atoms in total. The van der Waals surface area contributed by atoms with Crippen LogP contribution in [0.3, 0.4) is 0 Å². The number of hydrogen-bond donors (Lipinski definition) is 1. The minimum Gasteiger partial charge on any atom is -0.481 e. The molecule has 0 unspecified atom stereocenters. The van der Waals surface area contributed by atoms with E-state index in [1.54, 1.807) is 13.2 Å². The van der Waals surface area contributed by atoms with Gasteiger partial charge in [-0.25, -0.2) is 9.97 Å². The standard InChI is InChI=1S/C19H25N5O2/c1-23(2)16-6-4-5-14(11-16)19(25)24-9-7-15(8-10-24)22-17-12-18(26-3)21-13-20-17/h4-6,11-13,15H,7-10H2,1-3H3,(H,20,21,22). The fraction of sp³-hybridized carbons (Fsp3) is 0.421. The first-order chi connectivity index (χ1) is 12.6. The van der Waals surface area contributed by atoms with Gasteiger partial charge in [0.25, 0.3) is 5.91 Å². The van der Waals surface area contributed by atoms with Crippen LogP contribution in [0, 0.1) is 0 Å². The topological polar surface area (TPSA) is 70.6 Å². The lowest BCUT2D eigenvalue weighted by Crippen LogP contribution is -2.42. The third kappa shape index (κ3) is 4.22. The number of nitrogens with zero attached hydrogens (tertiary/aromatic N) is 4. The average Bonchev–Trinajstić information content (AvgIpc) is 2.68. The van der Waals surface area contributed by atoms with E-state index in [-0.39, 0.29) is 11.9 Å². The van der Waals surface area contributed by atoms with Crippen LogP contribution in [0.25, 0.3) is 0 Å². The van der Waals surface area contributed by atoms with Crippen LogP contribution in [-0.4, -0.2) is 61.1 Å². The lowest BCUT2D eigenvalue weighted by Gasteiger charge is -2.32. The van der Waals surface area contributed by atoms with Gasteiger partial charge in [0.15, 0.2) is 0 Å². The first-order valence-electron chi connectivity index (χ1n) is 8.76. The molecule has 0 atom stereocenters. The van der Waals surface area contributed by atoms with Gasteiger partial charge in [0.2, 0.25) is 5.88 Å². The van der Waals surface area contributed by atoms with E-state index >= 15 is 0 Å². The SMILES string of the molecule is COc1cc(NC2CCN(C(=O)c3cccc(N(C)C)c3)CC2)ncn1. The Morgan fingerprint density at radius 2 is 2.00 bits per heavy atom. The summed E-state index contributed by atoms with van der Waals surface area (Å²) in [5.74, 6) is 1.38. The number of aromatic nitrogens is 2. The molecule has 7 heteroatoms. The molecule has 1 amide bonds. The zero-order valence-electron chi connectivity index (χ0n) is 15.5. The van der Waals surface area contributed by atoms with Crippen LogP contribution in [0.1, 0.15) is 23.2 Å². The van der Waals surface area contributed by atoms with Crippen molar-refractivity contribution in [1.29, 1.82) is 0 Å². The van der Waals surface area contributed by atoms with Gasteiger partial charge >= 0.3 is 0 Å². The zero-order chi connectivity index (χ0) is 18.5. The Morgan fingerprint density at radius 1 is 1.23 bits per heavy atom. The van der Waals surface area contributed by atoms with Gasteiger partial charge in [0.1, 0.15) is 12.1 Å². The molecule has 1 aliphatic rings. The second-order valence-corrected chi connectivity index (χ2v) is 6.60. The minimum absolute atomic E-state index is 0.0934. The minimum atomic E-state index is 0.0934. The van der Waals surface area contributed by atoms with Gasteiger partial charge in [-0.05, 0) is 31.0 Å². The highest BCUT2D eigenvalue weighted by Gasteiger charge is 2.24. The first-order valence-corrected chi connectivity index (χ1v) is 8.76. The summed E-state index contributed by atoms with van der Waals surface area (Å²) < 4.78 is 5.12. The summed E-state index contributed by atoms with van der Waals surface area (Å²) in [5, 5.41) is 3.40. The summed E-state index contributed by atoms with van der Waals surface area (Å²) in [6.45, 7) is 1.45. The molecule has 1 aromatic heterocycles. The maximum Gasteiger partial charge on any atom is 0.253 e. The highest BCUT2D eigenvalue weighted by atomic mass is 16.5. The van der Waals surface area contributed by atoms with Crippen molar-refractivity contribution in [2.75, 3.05) is 44.5 Å². The van der Waals surface area contributed by atoms with E-state index in [1.807, 2.05) is 48.2 Å². The second-order valence-electron chi connectivity index (χ2n) is 6.60. The van der Waals surface area contributed by atoms with E-state index < -0.39 is 0 Å². The molecule has 0 spiro atoms. The number of carbonyl (C=O) groups excluding carboxylic acids is 1. The Hall–Kier alpha value is -2.83. The van der Waals surface area contributed by atoms with Crippen molar-refractivity contribution < 1.29 is 9.53 Å². The van der Waals surface area contributed by atoms with Gasteiger partial charge in [0.05, 0.1) is 7.11 Å². The smallest absolute Gasteiger partial charge is 0.253 e. The molecule has 138 valence electrons. The predicted molar refractivity (Wildman–Crippen MR) is 102 cm³/mol. The Morgan fingerprint density at radius 3 is 2.69 bits per heavy atom. The van der Waals surface area contributed by atoms with Gasteiger partial charge in [0, 0.05) is 50.5 Å². The molecule has 2 heterocycles. The van der Waals surface area contributed by atoms with E-state index in [4.69, 9.17) is 4.74 Å². The predicted octanol–water partition coefficient (Wildman–Crippen LogP) is 2.27. The lowest BCUT2D eigenvalue weighted by atomic mass is 10.0. The van der Waals surface area contributed by atoms with Crippen LogP contribution in [0.2, 0.25) is 0 Å². The van der Waals surface area contributed by atoms with E-state index in [9.17, 15) is 4.79 Å². The number of anilines is 2. The largest absolute Gasteiger partial charge is 0.481 e. The number of piperidine rings is 1. The molecule has 0 radical (unpaired) electrons. The molecular formula is C19H25N5O2. The second kappa shape index (κ2) is 8.03. The number of nitrogens with one attached hydrogen (secondary N) is 1. The maximum absolute atomic E-state index is 12.8. The normalized spacial score (nSPS) is 14.8. The highest BCUT2D eigenvalue weighted by molar-refractivity contribution is 5.95. The fourth-order valence-electron chi connectivity index (χ4n) is 3.07. The Bertz CT molecular complexity index is 757. The van der Waals surface area contributed by atoms with Crippen molar-refractivity contribution in [1.82, 2.24) is 14.9 Å². The summed E-state index contributed by atoms with van der Waals surface area (Å²) in [4.78, 5) is 24.9. The number of benzene rings is 1. The molecule has 1 N–H and O–H groups in total. The molecular weight excluding hydrogens is 330 g/mol. The number of likely N-dealkylation sites (tertiary alicyclic amines) is 1. The summed E-state index contributed by atoms with van der Waals surface area (Å²) >= 11 is 0. The van der Waals surface area contributed by atoms with Crippen LogP contribution in [-0.2, 0) is 0 Å². The molecule has 1 saturated heterocycles. The maximum atomic E-state index is 12.8. The van der Waals surface area contributed by atoms with Gasteiger partial charge < -0.3 is 19.9 Å². The van der Waals surface area contributed by atoms with Crippen molar-refractivity contribution in [2.24, 2.45) is 0 Å². The van der Waals surface area contributed by atoms with Crippen LogP contribution in [0.4, 0.5) is 11.5 Å². The Balaban J connectivity index is 1.57. The number of hydrogen-bond acceptors (Lipinski definition) is 6. The molecule has 0 saturated carbocycles. The average molecular weight is 355 g/mol. The monoisotopic (exact) mass is 355 g/mol. The number of carbonyl (C=O) groups is 1. The van der Waals surface area contributed by atoms with Crippen molar-refractivity contribution in [3.05, 3.63) is 42.2 Å². The van der Waals surface area contributed by atoms with Gasteiger partial charge in [-0.3, -0.25) is 4.79 Å². The van der Waals surface area contributed by atoms with E-state index in [0.29, 0.717) is 5.88 Å². The molecule has 0 aliphatic carbocycles. The molecule has 2 aromatic rings. The van der Waals surface area contributed by atoms with Gasteiger partial charge in [-0.15, -0.1) is 0 Å². The van der Waals surface area contributed by atoms with Gasteiger partial charge in [-0.2, -0.15) is 0 Å². The van der Waals surface area contributed by atoms with E-state index in [2.05, 4.69) is 15.3 Å². The third-order valence-corrected chi connectivity index (χ3v) is 4.59. The summed E-state index contributed by atoms with van der Waals surface area (Å²) in [5.41, 5.74) is 1.77. The van der Waals surface area contributed by atoms with Crippen LogP contribution in [0.15, 0.2) is 36.7 Å². The number of ether oxygens (including phenoxy) is 1. The lowest BCUT2D eigenvalue weighted by molar-refractivity contribution is 0.0718. The van der Waals surface area contributed by atoms with Crippen molar-refractivity contribution in [3.8, 4) is 5.88 Å². The molecule has 3 rings (SSSR count). The Kier molecular flexibility index (Phi) is 5.55. The van der Waals surface area contributed by atoms with Crippen LogP contribution >= 0.6 is 0 Å². The van der Waals surface area contributed by atoms with E-state index in [1.165, 1.54) is 6.33 Å². The highest BCUT2D eigenvalue weighted by Crippen LogP contribution is 2.20.